The van der Waals surface area contributed by atoms with Gasteiger partial charge in [0.25, 0.3) is 0 Å². The largest absolute Gasteiger partial charge is 0.504 e. The summed E-state index contributed by atoms with van der Waals surface area (Å²) in [5.41, 5.74) is 3.96. The SMILES string of the molecule is COc1ccc2cc1Oc1cc(ccc1O)CCC(=O)N[C@@H]1CN(Cc3ccc4ccccc4n3)C[C@@H]21. The molecule has 4 bridgehead atoms. The average Bonchev–Trinajstić information content (AvgIpc) is 3.30. The number of carbonyl (C=O) groups is 1. The number of para-hydroxylation sites is 1. The smallest absolute Gasteiger partial charge is 0.220 e. The predicted molar refractivity (Wildman–Crippen MR) is 141 cm³/mol. The van der Waals surface area contributed by atoms with Crippen LogP contribution in [0.2, 0.25) is 0 Å². The minimum atomic E-state index is -0.0496. The van der Waals surface area contributed by atoms with E-state index in [1.54, 1.807) is 19.2 Å². The van der Waals surface area contributed by atoms with Gasteiger partial charge in [-0.3, -0.25) is 14.7 Å². The summed E-state index contributed by atoms with van der Waals surface area (Å²) in [6.07, 6.45) is 0.917. The maximum absolute atomic E-state index is 13.0. The Hall–Kier alpha value is -4.10. The summed E-state index contributed by atoms with van der Waals surface area (Å²) in [7, 11) is 1.60. The molecule has 3 heterocycles. The molecule has 7 heteroatoms. The first-order chi connectivity index (χ1) is 18.1. The molecule has 1 fully saturated rings. The lowest BCUT2D eigenvalue weighted by molar-refractivity contribution is -0.121. The molecule has 3 aromatic carbocycles. The second kappa shape index (κ2) is 9.75. The van der Waals surface area contributed by atoms with Gasteiger partial charge in [-0.25, -0.2) is 0 Å². The van der Waals surface area contributed by atoms with E-state index in [0.29, 0.717) is 36.6 Å². The van der Waals surface area contributed by atoms with Gasteiger partial charge in [0.1, 0.15) is 0 Å². The number of nitrogens with zero attached hydrogens (tertiary/aromatic N) is 2. The molecule has 1 amide bonds. The van der Waals surface area contributed by atoms with Crippen molar-refractivity contribution in [3.05, 3.63) is 89.6 Å². The van der Waals surface area contributed by atoms with Crippen LogP contribution in [0, 0.1) is 0 Å². The number of rotatable bonds is 3. The van der Waals surface area contributed by atoms with Crippen LogP contribution in [-0.2, 0) is 17.8 Å². The number of phenols is 1. The summed E-state index contributed by atoms with van der Waals surface area (Å²) in [6.45, 7) is 2.19. The predicted octanol–water partition coefficient (Wildman–Crippen LogP) is 4.77. The van der Waals surface area contributed by atoms with Crippen LogP contribution in [0.3, 0.4) is 0 Å². The Morgan fingerprint density at radius 2 is 1.92 bits per heavy atom. The molecule has 188 valence electrons. The molecule has 37 heavy (non-hydrogen) atoms. The molecule has 0 saturated carbocycles. The first-order valence-corrected chi connectivity index (χ1v) is 12.6. The van der Waals surface area contributed by atoms with Gasteiger partial charge >= 0.3 is 0 Å². The van der Waals surface area contributed by atoms with Gasteiger partial charge in [0.2, 0.25) is 5.91 Å². The third kappa shape index (κ3) is 4.82. The van der Waals surface area contributed by atoms with Crippen molar-refractivity contribution in [1.29, 1.82) is 0 Å². The molecular weight excluding hydrogens is 466 g/mol. The Labute approximate surface area is 215 Å². The summed E-state index contributed by atoms with van der Waals surface area (Å²) in [4.78, 5) is 20.2. The van der Waals surface area contributed by atoms with Crippen molar-refractivity contribution < 1.29 is 19.4 Å². The number of fused-ring (bicyclic) bond motifs is 7. The van der Waals surface area contributed by atoms with E-state index >= 15 is 0 Å². The lowest BCUT2D eigenvalue weighted by Crippen LogP contribution is -2.39. The van der Waals surface area contributed by atoms with E-state index in [4.69, 9.17) is 14.5 Å². The van der Waals surface area contributed by atoms with Crippen molar-refractivity contribution >= 4 is 16.8 Å². The molecular formula is C30H29N3O4. The second-order valence-electron chi connectivity index (χ2n) is 9.78. The van der Waals surface area contributed by atoms with Crippen molar-refractivity contribution in [3.63, 3.8) is 0 Å². The molecule has 2 atom stereocenters. The summed E-state index contributed by atoms with van der Waals surface area (Å²) in [5, 5.41) is 14.8. The summed E-state index contributed by atoms with van der Waals surface area (Å²) in [6, 6.07) is 23.3. The second-order valence-corrected chi connectivity index (χ2v) is 9.78. The van der Waals surface area contributed by atoms with Gasteiger partial charge < -0.3 is 19.9 Å². The summed E-state index contributed by atoms with van der Waals surface area (Å²) < 4.78 is 11.7. The summed E-state index contributed by atoms with van der Waals surface area (Å²) >= 11 is 0. The van der Waals surface area contributed by atoms with Crippen molar-refractivity contribution in [3.8, 4) is 23.0 Å². The van der Waals surface area contributed by atoms with E-state index in [0.717, 1.165) is 40.8 Å². The highest BCUT2D eigenvalue weighted by atomic mass is 16.5. The van der Waals surface area contributed by atoms with Crippen LogP contribution >= 0.6 is 0 Å². The number of nitrogens with one attached hydrogen (secondary N) is 1. The number of ether oxygens (including phenoxy) is 2. The number of aromatic hydroxyl groups is 1. The number of benzene rings is 3. The number of likely N-dealkylation sites (tertiary alicyclic amines) is 1. The molecule has 2 aliphatic heterocycles. The van der Waals surface area contributed by atoms with Gasteiger partial charge in [-0.2, -0.15) is 0 Å². The standard InChI is InChI=1S/C30H29N3O4/c1-36-27-12-9-21-15-29(27)37-28-14-19(6-11-26(28)34)7-13-30(35)32-25-18-33(17-23(21)25)16-22-10-8-20-4-2-3-5-24(20)31-22/h2-6,8-12,14-15,23,25,34H,7,13,16-18H2,1H3,(H,32,35)/t23-,25+/m0/s1. The van der Waals surface area contributed by atoms with Crippen molar-refractivity contribution in [1.82, 2.24) is 15.2 Å². The fourth-order valence-corrected chi connectivity index (χ4v) is 5.38. The normalized spacial score (nSPS) is 19.6. The number of phenolic OH excluding ortho intramolecular Hbond substituents is 1. The zero-order valence-corrected chi connectivity index (χ0v) is 20.7. The maximum atomic E-state index is 13.0. The number of carbonyl (C=O) groups excluding carboxylic acids is 1. The van der Waals surface area contributed by atoms with Crippen LogP contribution in [0.5, 0.6) is 23.0 Å². The highest BCUT2D eigenvalue weighted by Crippen LogP contribution is 2.40. The third-order valence-corrected chi connectivity index (χ3v) is 7.28. The molecule has 1 aromatic heterocycles. The molecule has 2 N–H and O–H groups in total. The molecule has 7 nitrogen and oxygen atoms in total. The minimum Gasteiger partial charge on any atom is -0.504 e. The van der Waals surface area contributed by atoms with Gasteiger partial charge in [0, 0.05) is 43.4 Å². The number of pyridine rings is 1. The van der Waals surface area contributed by atoms with E-state index < -0.39 is 0 Å². The topological polar surface area (TPSA) is 83.9 Å². The first-order valence-electron chi connectivity index (χ1n) is 12.6. The highest BCUT2D eigenvalue weighted by Gasteiger charge is 2.35. The van der Waals surface area contributed by atoms with Crippen molar-refractivity contribution in [2.24, 2.45) is 0 Å². The maximum Gasteiger partial charge on any atom is 0.220 e. The van der Waals surface area contributed by atoms with E-state index in [2.05, 4.69) is 28.4 Å². The monoisotopic (exact) mass is 495 g/mol. The molecule has 6 rings (SSSR count). The number of amides is 1. The number of aryl methyl sites for hydroxylation is 1. The summed E-state index contributed by atoms with van der Waals surface area (Å²) in [5.74, 6) is 1.59. The van der Waals surface area contributed by atoms with Crippen molar-refractivity contribution in [2.45, 2.75) is 31.3 Å². The van der Waals surface area contributed by atoms with E-state index in [9.17, 15) is 9.90 Å². The Balaban J connectivity index is 1.33. The number of hydrogen-bond acceptors (Lipinski definition) is 6. The zero-order valence-electron chi connectivity index (χ0n) is 20.7. The van der Waals surface area contributed by atoms with Gasteiger partial charge in [0.15, 0.2) is 23.0 Å². The molecule has 2 aliphatic rings. The van der Waals surface area contributed by atoms with Gasteiger partial charge in [0.05, 0.1) is 18.3 Å². The zero-order chi connectivity index (χ0) is 25.4. The fourth-order valence-electron chi connectivity index (χ4n) is 5.38. The van der Waals surface area contributed by atoms with Crippen LogP contribution in [0.4, 0.5) is 0 Å². The van der Waals surface area contributed by atoms with E-state index in [1.807, 2.05) is 42.5 Å². The lowest BCUT2D eigenvalue weighted by Gasteiger charge is -2.21. The first kappa shape index (κ1) is 23.3. The van der Waals surface area contributed by atoms with Crippen LogP contribution < -0.4 is 14.8 Å². The quantitative estimate of drug-likeness (QED) is 0.426. The molecule has 0 spiro atoms. The number of hydrogen-bond donors (Lipinski definition) is 2. The number of methoxy groups -OCH3 is 1. The number of aromatic nitrogens is 1. The van der Waals surface area contributed by atoms with Gasteiger partial charge in [-0.05, 0) is 53.9 Å². The average molecular weight is 496 g/mol. The molecule has 0 unspecified atom stereocenters. The lowest BCUT2D eigenvalue weighted by atomic mass is 9.93. The fraction of sp³-hybridized carbons (Fsp3) is 0.267. The van der Waals surface area contributed by atoms with Gasteiger partial charge in [-0.15, -0.1) is 0 Å². The Morgan fingerprint density at radius 3 is 2.81 bits per heavy atom. The molecule has 4 aromatic rings. The van der Waals surface area contributed by atoms with Crippen LogP contribution in [0.1, 0.15) is 29.2 Å². The molecule has 0 radical (unpaired) electrons. The van der Waals surface area contributed by atoms with Crippen molar-refractivity contribution in [2.75, 3.05) is 20.2 Å². The van der Waals surface area contributed by atoms with Crippen LogP contribution in [-0.4, -0.2) is 47.1 Å². The minimum absolute atomic E-state index is 0.0178. The van der Waals surface area contributed by atoms with Crippen LogP contribution in [0.15, 0.2) is 72.8 Å². The third-order valence-electron chi connectivity index (χ3n) is 7.28. The van der Waals surface area contributed by atoms with Crippen LogP contribution in [0.25, 0.3) is 10.9 Å². The van der Waals surface area contributed by atoms with E-state index in [1.165, 1.54) is 0 Å². The Morgan fingerprint density at radius 1 is 1.03 bits per heavy atom. The molecule has 1 saturated heterocycles. The van der Waals surface area contributed by atoms with E-state index in [-0.39, 0.29) is 23.6 Å². The highest BCUT2D eigenvalue weighted by molar-refractivity contribution is 5.78. The van der Waals surface area contributed by atoms with Gasteiger partial charge in [-0.1, -0.05) is 36.4 Å². The Kier molecular flexibility index (Phi) is 6.14. The Bertz CT molecular complexity index is 1470. The molecule has 0 aliphatic carbocycles.